The number of benzene rings is 2. The molecule has 0 spiro atoms. The summed E-state index contributed by atoms with van der Waals surface area (Å²) in [5, 5.41) is 0.548. The molecule has 3 rings (SSSR count). The van der Waals surface area contributed by atoms with E-state index in [9.17, 15) is 9.59 Å². The maximum absolute atomic E-state index is 13.0. The molecule has 174 valence electrons. The molecule has 0 aromatic heterocycles. The Morgan fingerprint density at radius 1 is 1.18 bits per heavy atom. The number of amides is 1. The third kappa shape index (κ3) is 5.78. The number of likely N-dealkylation sites (N-methyl/N-ethyl adjacent to an activating group) is 1. The Bertz CT molecular complexity index is 1120. The third-order valence-electron chi connectivity index (χ3n) is 4.62. The van der Waals surface area contributed by atoms with E-state index >= 15 is 0 Å². The zero-order valence-electron chi connectivity index (χ0n) is 18.9. The summed E-state index contributed by atoms with van der Waals surface area (Å²) in [4.78, 5) is 31.8. The fourth-order valence-electron chi connectivity index (χ4n) is 3.18. The van der Waals surface area contributed by atoms with Crippen molar-refractivity contribution in [2.24, 2.45) is 4.99 Å². The summed E-state index contributed by atoms with van der Waals surface area (Å²) < 4.78 is 16.9. The van der Waals surface area contributed by atoms with Gasteiger partial charge >= 0.3 is 5.97 Å². The standard InChI is InChI=1S/C24H25BrN2O5S/c1-5-27-22(28)20(13-15-11-18(25)21(30-4)19(12-15)31-6-2)33-24(27)26-17-10-8-9-16(14-17)23(29)32-7-3/h8-14H,5-7H2,1-4H3. The van der Waals surface area contributed by atoms with Crippen LogP contribution in [0.2, 0.25) is 0 Å². The van der Waals surface area contributed by atoms with Crippen molar-refractivity contribution in [3.05, 3.63) is 56.9 Å². The minimum absolute atomic E-state index is 0.132. The van der Waals surface area contributed by atoms with E-state index in [0.717, 1.165) is 10.0 Å². The van der Waals surface area contributed by atoms with Crippen LogP contribution in [0.4, 0.5) is 5.69 Å². The number of carbonyl (C=O) groups is 2. The average molecular weight is 533 g/mol. The van der Waals surface area contributed by atoms with Crippen molar-refractivity contribution in [2.45, 2.75) is 20.8 Å². The monoisotopic (exact) mass is 532 g/mol. The first-order valence-electron chi connectivity index (χ1n) is 10.5. The van der Waals surface area contributed by atoms with Gasteiger partial charge in [0.05, 0.1) is 41.0 Å². The first-order chi connectivity index (χ1) is 15.9. The average Bonchev–Trinajstić information content (AvgIpc) is 3.08. The van der Waals surface area contributed by atoms with Crippen LogP contribution in [0.25, 0.3) is 6.08 Å². The Kier molecular flexibility index (Phi) is 8.57. The molecule has 2 aromatic rings. The summed E-state index contributed by atoms with van der Waals surface area (Å²) in [7, 11) is 1.58. The number of hydrogen-bond acceptors (Lipinski definition) is 7. The molecule has 7 nitrogen and oxygen atoms in total. The fourth-order valence-corrected chi connectivity index (χ4v) is 4.87. The Hall–Kier alpha value is -2.78. The highest BCUT2D eigenvalue weighted by Gasteiger charge is 2.32. The van der Waals surface area contributed by atoms with Crippen molar-refractivity contribution in [3.8, 4) is 11.5 Å². The lowest BCUT2D eigenvalue weighted by Gasteiger charge is -2.12. The first kappa shape index (κ1) is 24.9. The van der Waals surface area contributed by atoms with Crippen LogP contribution in [0.1, 0.15) is 36.7 Å². The van der Waals surface area contributed by atoms with E-state index in [4.69, 9.17) is 14.2 Å². The smallest absolute Gasteiger partial charge is 0.338 e. The van der Waals surface area contributed by atoms with E-state index in [-0.39, 0.29) is 5.91 Å². The Balaban J connectivity index is 1.94. The summed E-state index contributed by atoms with van der Waals surface area (Å²) in [6, 6.07) is 10.6. The number of ether oxygens (including phenoxy) is 3. The highest BCUT2D eigenvalue weighted by molar-refractivity contribution is 9.10. The lowest BCUT2D eigenvalue weighted by molar-refractivity contribution is -0.122. The summed E-state index contributed by atoms with van der Waals surface area (Å²) in [6.07, 6.45) is 1.81. The van der Waals surface area contributed by atoms with E-state index in [1.54, 1.807) is 49.3 Å². The number of thioether (sulfide) groups is 1. The van der Waals surface area contributed by atoms with Gasteiger partial charge in [0, 0.05) is 6.54 Å². The second-order valence-corrected chi connectivity index (χ2v) is 8.66. The maximum Gasteiger partial charge on any atom is 0.338 e. The number of amidine groups is 1. The minimum Gasteiger partial charge on any atom is -0.492 e. The first-order valence-corrected chi connectivity index (χ1v) is 12.1. The lowest BCUT2D eigenvalue weighted by Crippen LogP contribution is -2.28. The normalized spacial score (nSPS) is 15.9. The van der Waals surface area contributed by atoms with Crippen molar-refractivity contribution < 1.29 is 23.8 Å². The lowest BCUT2D eigenvalue weighted by atomic mass is 10.2. The molecule has 1 saturated heterocycles. The van der Waals surface area contributed by atoms with Crippen molar-refractivity contribution in [1.29, 1.82) is 0 Å². The molecule has 0 aliphatic carbocycles. The zero-order chi connectivity index (χ0) is 24.0. The molecule has 33 heavy (non-hydrogen) atoms. The summed E-state index contributed by atoms with van der Waals surface area (Å²) in [5.41, 5.74) is 1.78. The summed E-state index contributed by atoms with van der Waals surface area (Å²) in [6.45, 7) is 6.80. The number of nitrogens with zero attached hydrogens (tertiary/aromatic N) is 2. The number of hydrogen-bond donors (Lipinski definition) is 0. The molecule has 0 unspecified atom stereocenters. The molecule has 1 fully saturated rings. The minimum atomic E-state index is -0.405. The van der Waals surface area contributed by atoms with Gasteiger partial charge in [0.1, 0.15) is 0 Å². The van der Waals surface area contributed by atoms with Crippen LogP contribution in [0.5, 0.6) is 11.5 Å². The van der Waals surface area contributed by atoms with E-state index in [2.05, 4.69) is 20.9 Å². The Morgan fingerprint density at radius 3 is 2.64 bits per heavy atom. The number of esters is 1. The van der Waals surface area contributed by atoms with Crippen LogP contribution in [0, 0.1) is 0 Å². The number of carbonyl (C=O) groups excluding carboxylic acids is 2. The van der Waals surface area contributed by atoms with Gasteiger partial charge in [-0.15, -0.1) is 0 Å². The molecule has 1 heterocycles. The van der Waals surface area contributed by atoms with Crippen molar-refractivity contribution in [1.82, 2.24) is 4.90 Å². The maximum atomic E-state index is 13.0. The molecule has 9 heteroatoms. The number of rotatable bonds is 8. The quantitative estimate of drug-likeness (QED) is 0.322. The molecule has 0 atom stereocenters. The van der Waals surface area contributed by atoms with Gasteiger partial charge < -0.3 is 14.2 Å². The molecule has 1 amide bonds. The summed E-state index contributed by atoms with van der Waals surface area (Å²) in [5.74, 6) is 0.655. The van der Waals surface area contributed by atoms with Crippen molar-refractivity contribution in [2.75, 3.05) is 26.9 Å². The largest absolute Gasteiger partial charge is 0.492 e. The van der Waals surface area contributed by atoms with Gasteiger partial charge in [-0.1, -0.05) is 6.07 Å². The van der Waals surface area contributed by atoms with Crippen LogP contribution in [0.3, 0.4) is 0 Å². The predicted octanol–water partition coefficient (Wildman–Crippen LogP) is 5.66. The van der Waals surface area contributed by atoms with Crippen LogP contribution < -0.4 is 9.47 Å². The highest BCUT2D eigenvalue weighted by Crippen LogP contribution is 2.39. The van der Waals surface area contributed by atoms with Crippen molar-refractivity contribution >= 4 is 56.5 Å². The Labute approximate surface area is 205 Å². The molecule has 0 bridgehead atoms. The molecule has 2 aromatic carbocycles. The topological polar surface area (TPSA) is 77.4 Å². The van der Waals surface area contributed by atoms with Crippen LogP contribution in [-0.2, 0) is 9.53 Å². The van der Waals surface area contributed by atoms with Crippen LogP contribution in [-0.4, -0.2) is 48.8 Å². The number of halogens is 1. The van der Waals surface area contributed by atoms with Gasteiger partial charge in [0.2, 0.25) is 0 Å². The molecular formula is C24H25BrN2O5S. The Morgan fingerprint density at radius 2 is 1.97 bits per heavy atom. The van der Waals surface area contributed by atoms with E-state index in [0.29, 0.717) is 52.6 Å². The highest BCUT2D eigenvalue weighted by atomic mass is 79.9. The molecule has 0 N–H and O–H groups in total. The molecule has 0 saturated carbocycles. The summed E-state index contributed by atoms with van der Waals surface area (Å²) >= 11 is 4.79. The molecule has 1 aliphatic rings. The van der Waals surface area contributed by atoms with E-state index in [1.807, 2.05) is 26.0 Å². The van der Waals surface area contributed by atoms with Crippen LogP contribution >= 0.6 is 27.7 Å². The van der Waals surface area contributed by atoms with Gasteiger partial charge in [-0.3, -0.25) is 9.69 Å². The molecule has 1 aliphatic heterocycles. The van der Waals surface area contributed by atoms with Crippen LogP contribution in [0.15, 0.2) is 50.8 Å². The fraction of sp³-hybridized carbons (Fsp3) is 0.292. The SMILES string of the molecule is CCOC(=O)c1cccc(N=C2SC(=Cc3cc(Br)c(OC)c(OCC)c3)C(=O)N2CC)c1. The third-order valence-corrected chi connectivity index (χ3v) is 6.22. The van der Waals surface area contributed by atoms with Crippen molar-refractivity contribution in [3.63, 3.8) is 0 Å². The van der Waals surface area contributed by atoms with Gasteiger partial charge in [-0.25, -0.2) is 9.79 Å². The second-order valence-electron chi connectivity index (χ2n) is 6.79. The van der Waals surface area contributed by atoms with Gasteiger partial charge in [-0.05, 0) is 90.4 Å². The van der Waals surface area contributed by atoms with E-state index < -0.39 is 5.97 Å². The van der Waals surface area contributed by atoms with E-state index in [1.165, 1.54) is 11.8 Å². The molecule has 0 radical (unpaired) electrons. The number of aliphatic imine (C=N–C) groups is 1. The second kappa shape index (κ2) is 11.4. The zero-order valence-corrected chi connectivity index (χ0v) is 21.3. The number of methoxy groups -OCH3 is 1. The molecular weight excluding hydrogens is 508 g/mol. The van der Waals surface area contributed by atoms with Gasteiger partial charge in [-0.2, -0.15) is 0 Å². The van der Waals surface area contributed by atoms with Gasteiger partial charge in [0.15, 0.2) is 16.7 Å². The predicted molar refractivity (Wildman–Crippen MR) is 134 cm³/mol. The van der Waals surface area contributed by atoms with Gasteiger partial charge in [0.25, 0.3) is 5.91 Å².